The molecule has 0 unspecified atom stereocenters. The van der Waals surface area contributed by atoms with Crippen molar-refractivity contribution in [1.82, 2.24) is 0 Å². The predicted molar refractivity (Wildman–Crippen MR) is 66.5 cm³/mol. The van der Waals surface area contributed by atoms with Gasteiger partial charge in [-0.25, -0.2) is 4.79 Å². The Hall–Kier alpha value is -2.09. The van der Waals surface area contributed by atoms with E-state index in [1.807, 2.05) is 24.3 Å². The minimum Gasteiger partial charge on any atom is -0.475 e. The van der Waals surface area contributed by atoms with Crippen LogP contribution < -0.4 is 5.73 Å². The van der Waals surface area contributed by atoms with Crippen molar-refractivity contribution in [3.05, 3.63) is 35.4 Å². The van der Waals surface area contributed by atoms with Gasteiger partial charge in [0.2, 0.25) is 0 Å². The molecule has 0 aromatic heterocycles. The molecule has 0 amide bonds. The maximum atomic E-state index is 11.5. The molecule has 0 saturated heterocycles. The van der Waals surface area contributed by atoms with Crippen molar-refractivity contribution >= 4 is 11.9 Å². The van der Waals surface area contributed by atoms with E-state index in [4.69, 9.17) is 20.4 Å². The Morgan fingerprint density at radius 2 is 1.62 bits per heavy atom. The maximum absolute atomic E-state index is 11.5. The van der Waals surface area contributed by atoms with Gasteiger partial charge in [-0.3, -0.25) is 4.79 Å². The van der Waals surface area contributed by atoms with Crippen molar-refractivity contribution in [2.45, 2.75) is 24.6 Å². The van der Waals surface area contributed by atoms with E-state index in [0.717, 1.165) is 11.1 Å². The number of carbonyl (C=O) groups excluding carboxylic acids is 1. The number of carboxylic acids is 1. The lowest BCUT2D eigenvalue weighted by Gasteiger charge is -2.19. The van der Waals surface area contributed by atoms with Crippen LogP contribution in [0.25, 0.3) is 0 Å². The van der Waals surface area contributed by atoms with Gasteiger partial charge >= 0.3 is 18.1 Å². The number of benzene rings is 1. The Bertz CT molecular complexity index is 517. The second-order valence-electron chi connectivity index (χ2n) is 4.57. The predicted octanol–water partition coefficient (Wildman–Crippen LogP) is 1.29. The van der Waals surface area contributed by atoms with Crippen LogP contribution in [0.1, 0.15) is 11.1 Å². The molecule has 116 valence electrons. The highest BCUT2D eigenvalue weighted by atomic mass is 19.4. The minimum absolute atomic E-state index is 0.325. The Morgan fingerprint density at radius 3 is 1.90 bits per heavy atom. The average Bonchev–Trinajstić information content (AvgIpc) is 2.74. The summed E-state index contributed by atoms with van der Waals surface area (Å²) in [7, 11) is 1.37. The molecular formula is C13H14F3NO4. The summed E-state index contributed by atoms with van der Waals surface area (Å²) in [5, 5.41) is 7.12. The average molecular weight is 305 g/mol. The van der Waals surface area contributed by atoms with Crippen LogP contribution in [0.3, 0.4) is 0 Å². The molecule has 0 atom stereocenters. The molecule has 1 aliphatic rings. The largest absolute Gasteiger partial charge is 0.490 e. The molecule has 0 saturated carbocycles. The summed E-state index contributed by atoms with van der Waals surface area (Å²) in [5.74, 6) is -3.08. The summed E-state index contributed by atoms with van der Waals surface area (Å²) in [6.07, 6.45) is -3.92. The van der Waals surface area contributed by atoms with E-state index in [2.05, 4.69) is 0 Å². The van der Waals surface area contributed by atoms with Crippen LogP contribution >= 0.6 is 0 Å². The Labute approximate surface area is 118 Å². The van der Waals surface area contributed by atoms with Gasteiger partial charge in [0.1, 0.15) is 5.54 Å². The van der Waals surface area contributed by atoms with Crippen LogP contribution in [-0.4, -0.2) is 35.9 Å². The summed E-state index contributed by atoms with van der Waals surface area (Å²) in [5.41, 5.74) is 7.45. The summed E-state index contributed by atoms with van der Waals surface area (Å²) in [6.45, 7) is 0. The van der Waals surface area contributed by atoms with E-state index in [1.54, 1.807) is 0 Å². The van der Waals surface area contributed by atoms with Gasteiger partial charge in [-0.15, -0.1) is 0 Å². The van der Waals surface area contributed by atoms with Gasteiger partial charge in [0, 0.05) is 12.8 Å². The highest BCUT2D eigenvalue weighted by Gasteiger charge is 2.41. The first-order valence-corrected chi connectivity index (χ1v) is 5.84. The standard InChI is InChI=1S/C11H13NO2.C2HF3O2/c1-14-10(13)11(12)6-8-4-2-3-5-9(8)7-11;3-2(4,5)1(6)7/h2-5H,6-7,12H2,1H3;(H,6,7). The molecule has 0 aliphatic heterocycles. The van der Waals surface area contributed by atoms with Crippen molar-refractivity contribution in [2.24, 2.45) is 5.73 Å². The van der Waals surface area contributed by atoms with Gasteiger partial charge < -0.3 is 15.6 Å². The summed E-state index contributed by atoms with van der Waals surface area (Å²) < 4.78 is 36.4. The molecule has 5 nitrogen and oxygen atoms in total. The van der Waals surface area contributed by atoms with E-state index in [0.29, 0.717) is 12.8 Å². The third-order valence-electron chi connectivity index (χ3n) is 2.96. The molecule has 0 fully saturated rings. The van der Waals surface area contributed by atoms with E-state index in [9.17, 15) is 18.0 Å². The zero-order chi connectivity index (χ0) is 16.3. The molecule has 2 rings (SSSR count). The van der Waals surface area contributed by atoms with Crippen LogP contribution in [0.2, 0.25) is 0 Å². The zero-order valence-electron chi connectivity index (χ0n) is 11.1. The highest BCUT2D eigenvalue weighted by Crippen LogP contribution is 2.28. The molecule has 1 aliphatic carbocycles. The summed E-state index contributed by atoms with van der Waals surface area (Å²) in [4.78, 5) is 20.4. The molecule has 21 heavy (non-hydrogen) atoms. The number of hydrogen-bond acceptors (Lipinski definition) is 4. The van der Waals surface area contributed by atoms with Crippen molar-refractivity contribution in [2.75, 3.05) is 7.11 Å². The fourth-order valence-electron chi connectivity index (χ4n) is 1.99. The smallest absolute Gasteiger partial charge is 0.475 e. The van der Waals surface area contributed by atoms with Gasteiger partial charge in [-0.1, -0.05) is 24.3 Å². The fraction of sp³-hybridized carbons (Fsp3) is 0.385. The van der Waals surface area contributed by atoms with Gasteiger partial charge in [-0.2, -0.15) is 13.2 Å². The van der Waals surface area contributed by atoms with Gasteiger partial charge in [-0.05, 0) is 11.1 Å². The number of methoxy groups -OCH3 is 1. The van der Waals surface area contributed by atoms with Gasteiger partial charge in [0.05, 0.1) is 7.11 Å². The van der Waals surface area contributed by atoms with E-state index < -0.39 is 17.7 Å². The first-order valence-electron chi connectivity index (χ1n) is 5.84. The summed E-state index contributed by atoms with van der Waals surface area (Å²) >= 11 is 0. The van der Waals surface area contributed by atoms with Crippen LogP contribution in [0.4, 0.5) is 13.2 Å². The molecule has 0 heterocycles. The van der Waals surface area contributed by atoms with Crippen molar-refractivity contribution < 1.29 is 32.6 Å². The maximum Gasteiger partial charge on any atom is 0.490 e. The molecule has 0 radical (unpaired) electrons. The second-order valence-corrected chi connectivity index (χ2v) is 4.57. The first-order chi connectivity index (χ1) is 9.60. The Kier molecular flexibility index (Phi) is 4.95. The van der Waals surface area contributed by atoms with E-state index in [-0.39, 0.29) is 5.97 Å². The number of rotatable bonds is 1. The van der Waals surface area contributed by atoms with Crippen molar-refractivity contribution in [3.8, 4) is 0 Å². The number of halogens is 3. The fourth-order valence-corrected chi connectivity index (χ4v) is 1.99. The van der Waals surface area contributed by atoms with Gasteiger partial charge in [0.15, 0.2) is 0 Å². The van der Waals surface area contributed by atoms with E-state index >= 15 is 0 Å². The van der Waals surface area contributed by atoms with Crippen LogP contribution in [-0.2, 0) is 27.2 Å². The van der Waals surface area contributed by atoms with E-state index in [1.165, 1.54) is 7.11 Å². The van der Waals surface area contributed by atoms with Crippen molar-refractivity contribution in [1.29, 1.82) is 0 Å². The minimum atomic E-state index is -5.08. The number of carbonyl (C=O) groups is 2. The van der Waals surface area contributed by atoms with Crippen LogP contribution in [0.15, 0.2) is 24.3 Å². The number of carboxylic acid groups (broad SMARTS) is 1. The molecule has 0 bridgehead atoms. The number of ether oxygens (including phenoxy) is 1. The monoisotopic (exact) mass is 305 g/mol. The third kappa shape index (κ3) is 4.19. The van der Waals surface area contributed by atoms with Crippen LogP contribution in [0.5, 0.6) is 0 Å². The lowest BCUT2D eigenvalue weighted by Crippen LogP contribution is -2.49. The van der Waals surface area contributed by atoms with Gasteiger partial charge in [0.25, 0.3) is 0 Å². The second kappa shape index (κ2) is 6.13. The van der Waals surface area contributed by atoms with Crippen molar-refractivity contribution in [3.63, 3.8) is 0 Å². The number of esters is 1. The number of fused-ring (bicyclic) bond motifs is 1. The number of aliphatic carboxylic acids is 1. The van der Waals surface area contributed by atoms with Crippen LogP contribution in [0, 0.1) is 0 Å². The normalized spacial score (nSPS) is 15.5. The topological polar surface area (TPSA) is 89.6 Å². The summed E-state index contributed by atoms with van der Waals surface area (Å²) in [6, 6.07) is 7.93. The lowest BCUT2D eigenvalue weighted by atomic mass is 9.98. The number of alkyl halides is 3. The molecule has 8 heteroatoms. The molecule has 1 aromatic carbocycles. The quantitative estimate of drug-likeness (QED) is 0.763. The lowest BCUT2D eigenvalue weighted by molar-refractivity contribution is -0.192. The molecule has 3 N–H and O–H groups in total. The SMILES string of the molecule is COC(=O)C1(N)Cc2ccccc2C1.O=C(O)C(F)(F)F. The third-order valence-corrected chi connectivity index (χ3v) is 2.96. The number of hydrogen-bond donors (Lipinski definition) is 2. The highest BCUT2D eigenvalue weighted by molar-refractivity contribution is 5.82. The number of nitrogens with two attached hydrogens (primary N) is 1. The Morgan fingerprint density at radius 1 is 1.24 bits per heavy atom. The Balaban J connectivity index is 0.000000270. The zero-order valence-corrected chi connectivity index (χ0v) is 11.1. The first kappa shape index (κ1) is 17.0. The molecule has 0 spiro atoms. The molecular weight excluding hydrogens is 291 g/mol. The molecule has 1 aromatic rings.